The number of aryl methyl sites for hydroxylation is 1. The van der Waals surface area contributed by atoms with Crippen LogP contribution in [0.2, 0.25) is 0 Å². The number of hydrogen-bond donors (Lipinski definition) is 1. The molecule has 1 aliphatic heterocycles. The first-order chi connectivity index (χ1) is 12.5. The number of rotatable bonds is 7. The molecular formula is C18H21N3O4S. The maximum absolute atomic E-state index is 11.7. The Labute approximate surface area is 156 Å². The molecule has 1 N–H and O–H groups in total. The molecule has 0 radical (unpaired) electrons. The van der Waals surface area contributed by atoms with E-state index in [1.165, 1.54) is 7.11 Å². The summed E-state index contributed by atoms with van der Waals surface area (Å²) < 4.78 is 10.3. The molecule has 8 heteroatoms. The maximum Gasteiger partial charge on any atom is 0.331 e. The van der Waals surface area contributed by atoms with Gasteiger partial charge < -0.3 is 9.47 Å². The Morgan fingerprint density at radius 1 is 1.38 bits per heavy atom. The molecule has 26 heavy (non-hydrogen) atoms. The lowest BCUT2D eigenvalue weighted by molar-refractivity contribution is -0.135. The quantitative estimate of drug-likeness (QED) is 0.260. The number of methoxy groups -OCH3 is 1. The highest BCUT2D eigenvalue weighted by Gasteiger charge is 2.24. The highest BCUT2D eigenvalue weighted by atomic mass is 32.2. The fourth-order valence-electron chi connectivity index (χ4n) is 1.97. The molecule has 7 nitrogen and oxygen atoms in total. The molecule has 2 rings (SSSR count). The zero-order valence-electron chi connectivity index (χ0n) is 14.9. The minimum atomic E-state index is -0.595. The highest BCUT2D eigenvalue weighted by molar-refractivity contribution is 8.18. The van der Waals surface area contributed by atoms with Crippen LogP contribution in [0.15, 0.2) is 39.4 Å². The van der Waals surface area contributed by atoms with Crippen molar-refractivity contribution in [2.45, 2.75) is 26.7 Å². The molecule has 0 atom stereocenters. The molecule has 0 unspecified atom stereocenters. The highest BCUT2D eigenvalue weighted by Crippen LogP contribution is 2.23. The number of hydrogen-bond acceptors (Lipinski definition) is 7. The van der Waals surface area contributed by atoms with Crippen LogP contribution < -0.4 is 10.1 Å². The summed E-state index contributed by atoms with van der Waals surface area (Å²) in [4.78, 5) is 23.1. The van der Waals surface area contributed by atoms with Crippen LogP contribution in [0.5, 0.6) is 5.75 Å². The van der Waals surface area contributed by atoms with Crippen molar-refractivity contribution in [2.24, 2.45) is 10.2 Å². The summed E-state index contributed by atoms with van der Waals surface area (Å²) >= 11 is 1.03. The Bertz CT molecular complexity index is 772. The summed E-state index contributed by atoms with van der Waals surface area (Å²) in [7, 11) is 1.25. The van der Waals surface area contributed by atoms with Crippen LogP contribution in [0.3, 0.4) is 0 Å². The SMILES string of the molecule is CCCCOc1cc(C=N/N=C2/NC(=O)/C(=C\C(=O)OC)S2)ccc1C. The number of amidine groups is 1. The predicted molar refractivity (Wildman–Crippen MR) is 102 cm³/mol. The van der Waals surface area contributed by atoms with E-state index in [2.05, 4.69) is 27.2 Å². The fourth-order valence-corrected chi connectivity index (χ4v) is 2.71. The third-order valence-electron chi connectivity index (χ3n) is 3.42. The number of amides is 1. The first-order valence-electron chi connectivity index (χ1n) is 8.16. The summed E-state index contributed by atoms with van der Waals surface area (Å²) in [5.41, 5.74) is 1.90. The normalized spacial score (nSPS) is 17.1. The van der Waals surface area contributed by atoms with Gasteiger partial charge in [-0.2, -0.15) is 5.10 Å². The lowest BCUT2D eigenvalue weighted by Gasteiger charge is -2.09. The molecular weight excluding hydrogens is 354 g/mol. The topological polar surface area (TPSA) is 89.4 Å². The van der Waals surface area contributed by atoms with E-state index in [-0.39, 0.29) is 4.91 Å². The number of esters is 1. The zero-order valence-corrected chi connectivity index (χ0v) is 15.8. The van der Waals surface area contributed by atoms with Crippen molar-refractivity contribution >= 4 is 35.0 Å². The molecule has 1 aromatic rings. The van der Waals surface area contributed by atoms with Gasteiger partial charge in [-0.25, -0.2) is 4.79 Å². The van der Waals surface area contributed by atoms with Gasteiger partial charge >= 0.3 is 5.97 Å². The number of nitrogens with zero attached hydrogens (tertiary/aromatic N) is 2. The van der Waals surface area contributed by atoms with E-state index in [0.717, 1.165) is 47.6 Å². The molecule has 1 amide bonds. The average molecular weight is 375 g/mol. The molecule has 0 saturated carbocycles. The summed E-state index contributed by atoms with van der Waals surface area (Å²) in [6.45, 7) is 4.78. The van der Waals surface area contributed by atoms with Gasteiger partial charge in [-0.05, 0) is 42.3 Å². The Morgan fingerprint density at radius 3 is 2.92 bits per heavy atom. The minimum absolute atomic E-state index is 0.216. The number of unbranched alkanes of at least 4 members (excludes halogenated alkanes) is 1. The molecule has 1 heterocycles. The number of benzene rings is 1. The van der Waals surface area contributed by atoms with Crippen LogP contribution in [0.25, 0.3) is 0 Å². The van der Waals surface area contributed by atoms with E-state index in [1.807, 2.05) is 25.1 Å². The second-order valence-corrected chi connectivity index (χ2v) is 6.50. The Kier molecular flexibility index (Phi) is 7.40. The predicted octanol–water partition coefficient (Wildman–Crippen LogP) is 2.78. The smallest absolute Gasteiger partial charge is 0.331 e. The van der Waals surface area contributed by atoms with E-state index < -0.39 is 11.9 Å². The summed E-state index contributed by atoms with van der Waals surface area (Å²) in [6, 6.07) is 5.77. The molecule has 1 aromatic carbocycles. The number of carbonyl (C=O) groups excluding carboxylic acids is 2. The zero-order chi connectivity index (χ0) is 18.9. The first kappa shape index (κ1) is 19.7. The van der Waals surface area contributed by atoms with Crippen LogP contribution in [0.1, 0.15) is 30.9 Å². The van der Waals surface area contributed by atoms with Gasteiger partial charge in [0.05, 0.1) is 24.8 Å². The van der Waals surface area contributed by atoms with Gasteiger partial charge in [0.15, 0.2) is 5.17 Å². The number of nitrogens with one attached hydrogen (secondary N) is 1. The van der Waals surface area contributed by atoms with E-state index in [9.17, 15) is 9.59 Å². The van der Waals surface area contributed by atoms with Crippen LogP contribution in [0.4, 0.5) is 0 Å². The van der Waals surface area contributed by atoms with Crippen LogP contribution in [-0.2, 0) is 14.3 Å². The van der Waals surface area contributed by atoms with Gasteiger partial charge in [0.2, 0.25) is 0 Å². The van der Waals surface area contributed by atoms with Crippen molar-refractivity contribution < 1.29 is 19.1 Å². The van der Waals surface area contributed by atoms with Gasteiger partial charge in [-0.1, -0.05) is 25.5 Å². The van der Waals surface area contributed by atoms with Crippen molar-refractivity contribution in [3.05, 3.63) is 40.3 Å². The van der Waals surface area contributed by atoms with Crippen molar-refractivity contribution in [2.75, 3.05) is 13.7 Å². The molecule has 0 spiro atoms. The van der Waals surface area contributed by atoms with Crippen molar-refractivity contribution in [1.82, 2.24) is 5.32 Å². The Balaban J connectivity index is 2.03. The summed E-state index contributed by atoms with van der Waals surface area (Å²) in [5.74, 6) is -0.180. The second kappa shape index (κ2) is 9.76. The fraction of sp³-hybridized carbons (Fsp3) is 0.333. The van der Waals surface area contributed by atoms with Crippen LogP contribution >= 0.6 is 11.8 Å². The first-order valence-corrected chi connectivity index (χ1v) is 8.98. The van der Waals surface area contributed by atoms with E-state index in [1.54, 1.807) is 6.21 Å². The Hall–Kier alpha value is -2.61. The van der Waals surface area contributed by atoms with E-state index >= 15 is 0 Å². The minimum Gasteiger partial charge on any atom is -0.493 e. The van der Waals surface area contributed by atoms with Gasteiger partial charge in [0.1, 0.15) is 5.75 Å². The van der Waals surface area contributed by atoms with Gasteiger partial charge in [-0.15, -0.1) is 5.10 Å². The standard InChI is InChI=1S/C18H21N3O4S/c1-4-5-8-25-14-9-13(7-6-12(14)2)11-19-21-18-20-17(23)15(26-18)10-16(22)24-3/h6-7,9-11H,4-5,8H2,1-3H3,(H,20,21,23)/b15-10+,19-11?. The lowest BCUT2D eigenvalue weighted by atomic mass is 10.1. The number of ether oxygens (including phenoxy) is 2. The molecule has 138 valence electrons. The Morgan fingerprint density at radius 2 is 2.19 bits per heavy atom. The monoisotopic (exact) mass is 375 g/mol. The summed E-state index contributed by atoms with van der Waals surface area (Å²) in [5, 5.41) is 10.8. The van der Waals surface area contributed by atoms with Crippen molar-refractivity contribution in [3.63, 3.8) is 0 Å². The largest absolute Gasteiger partial charge is 0.493 e. The third kappa shape index (κ3) is 5.73. The van der Waals surface area contributed by atoms with Gasteiger partial charge in [-0.3, -0.25) is 10.1 Å². The maximum atomic E-state index is 11.7. The molecule has 1 saturated heterocycles. The second-order valence-electron chi connectivity index (χ2n) is 5.46. The number of thioether (sulfide) groups is 1. The molecule has 0 aromatic heterocycles. The molecule has 1 aliphatic rings. The lowest BCUT2D eigenvalue weighted by Crippen LogP contribution is -2.19. The molecule has 1 fully saturated rings. The average Bonchev–Trinajstić information content (AvgIpc) is 2.97. The van der Waals surface area contributed by atoms with E-state index in [4.69, 9.17) is 4.74 Å². The van der Waals surface area contributed by atoms with Gasteiger partial charge in [0, 0.05) is 6.08 Å². The van der Waals surface area contributed by atoms with Crippen molar-refractivity contribution in [3.8, 4) is 5.75 Å². The number of carbonyl (C=O) groups is 2. The van der Waals surface area contributed by atoms with E-state index in [0.29, 0.717) is 11.8 Å². The summed E-state index contributed by atoms with van der Waals surface area (Å²) in [6.07, 6.45) is 4.78. The third-order valence-corrected chi connectivity index (χ3v) is 4.32. The molecule has 0 aliphatic carbocycles. The van der Waals surface area contributed by atoms with Crippen molar-refractivity contribution in [1.29, 1.82) is 0 Å². The van der Waals surface area contributed by atoms with Gasteiger partial charge in [0.25, 0.3) is 5.91 Å². The van der Waals surface area contributed by atoms with Crippen LogP contribution in [0, 0.1) is 6.92 Å². The van der Waals surface area contributed by atoms with Crippen LogP contribution in [-0.4, -0.2) is 37.0 Å². The molecule has 0 bridgehead atoms.